The largest absolute Gasteiger partial charge is 0.278 e. The molecule has 4 rings (SSSR count). The molecule has 0 saturated carbocycles. The average Bonchev–Trinajstić information content (AvgIpc) is 3.18. The smallest absolute Gasteiger partial charge is 0.260 e. The summed E-state index contributed by atoms with van der Waals surface area (Å²) in [6, 6.07) is 18.0. The van der Waals surface area contributed by atoms with Gasteiger partial charge in [-0.25, -0.2) is 9.37 Å². The molecule has 0 N–H and O–H groups in total. The normalized spacial score (nSPS) is 11.2. The average molecular weight is 438 g/mol. The van der Waals surface area contributed by atoms with E-state index in [9.17, 15) is 9.18 Å². The fourth-order valence-electron chi connectivity index (χ4n) is 3.00. The molecule has 2 aromatic carbocycles. The molecule has 0 unspecified atom stereocenters. The van der Waals surface area contributed by atoms with Crippen molar-refractivity contribution in [2.75, 3.05) is 4.90 Å². The van der Waals surface area contributed by atoms with Crippen molar-refractivity contribution in [2.45, 2.75) is 30.5 Å². The van der Waals surface area contributed by atoms with Crippen molar-refractivity contribution >= 4 is 44.4 Å². The molecule has 30 heavy (non-hydrogen) atoms. The fraction of sp³-hybridized carbons (Fsp3) is 0.174. The highest BCUT2D eigenvalue weighted by Crippen LogP contribution is 2.32. The van der Waals surface area contributed by atoms with Gasteiger partial charge >= 0.3 is 0 Å². The fourth-order valence-corrected chi connectivity index (χ4v) is 4.82. The molecular weight excluding hydrogens is 417 g/mol. The maximum atomic E-state index is 14.2. The molecule has 152 valence electrons. The molecule has 0 bridgehead atoms. The van der Waals surface area contributed by atoms with Crippen LogP contribution < -0.4 is 4.90 Å². The summed E-state index contributed by atoms with van der Waals surface area (Å²) < 4.78 is 14.9. The second-order valence-electron chi connectivity index (χ2n) is 6.99. The zero-order valence-corrected chi connectivity index (χ0v) is 18.2. The van der Waals surface area contributed by atoms with Gasteiger partial charge in [0, 0.05) is 21.9 Å². The summed E-state index contributed by atoms with van der Waals surface area (Å²) in [6.45, 7) is 4.51. The Balaban J connectivity index is 1.70. The van der Waals surface area contributed by atoms with Gasteiger partial charge in [-0.2, -0.15) is 0 Å². The van der Waals surface area contributed by atoms with E-state index in [2.05, 4.69) is 23.8 Å². The van der Waals surface area contributed by atoms with E-state index in [4.69, 9.17) is 0 Å². The van der Waals surface area contributed by atoms with E-state index in [1.165, 1.54) is 17.4 Å². The van der Waals surface area contributed by atoms with Crippen LogP contribution in [0.3, 0.4) is 0 Å². The summed E-state index contributed by atoms with van der Waals surface area (Å²) >= 11 is 3.04. The lowest BCUT2D eigenvalue weighted by Crippen LogP contribution is -2.30. The zero-order chi connectivity index (χ0) is 21.1. The lowest BCUT2D eigenvalue weighted by molar-refractivity contribution is 0.0984. The van der Waals surface area contributed by atoms with E-state index in [0.717, 1.165) is 10.6 Å². The summed E-state index contributed by atoms with van der Waals surface area (Å²) in [5.74, 6) is -0.587. The van der Waals surface area contributed by atoms with E-state index in [1.807, 2.05) is 42.5 Å². The highest BCUT2D eigenvalue weighted by molar-refractivity contribution is 7.99. The molecule has 0 aliphatic rings. The third-order valence-corrected chi connectivity index (χ3v) is 6.41. The van der Waals surface area contributed by atoms with E-state index < -0.39 is 5.82 Å². The van der Waals surface area contributed by atoms with Crippen molar-refractivity contribution < 1.29 is 9.18 Å². The Bertz CT molecular complexity index is 1160. The lowest BCUT2D eigenvalue weighted by Gasteiger charge is -2.20. The van der Waals surface area contributed by atoms with Crippen molar-refractivity contribution in [3.63, 3.8) is 0 Å². The molecule has 2 aromatic heterocycles. The molecule has 4 aromatic rings. The predicted molar refractivity (Wildman–Crippen MR) is 122 cm³/mol. The minimum absolute atomic E-state index is 0.193. The van der Waals surface area contributed by atoms with E-state index in [1.54, 1.807) is 35.0 Å². The first-order chi connectivity index (χ1) is 14.5. The Kier molecular flexibility index (Phi) is 6.11. The molecule has 1 amide bonds. The van der Waals surface area contributed by atoms with Crippen LogP contribution in [0.25, 0.3) is 10.2 Å². The molecule has 4 nitrogen and oxygen atoms in total. The Labute approximate surface area is 182 Å². The zero-order valence-electron chi connectivity index (χ0n) is 16.6. The van der Waals surface area contributed by atoms with Gasteiger partial charge in [0.25, 0.3) is 5.91 Å². The first kappa shape index (κ1) is 20.5. The van der Waals surface area contributed by atoms with Crippen molar-refractivity contribution in [1.29, 1.82) is 0 Å². The number of para-hydroxylation sites is 1. The molecule has 0 spiro atoms. The first-order valence-corrected chi connectivity index (χ1v) is 11.2. The molecular formula is C23H20FN3OS2. The number of hydrogen-bond donors (Lipinski definition) is 0. The Morgan fingerprint density at radius 3 is 2.57 bits per heavy atom. The van der Waals surface area contributed by atoms with Crippen molar-refractivity contribution in [3.8, 4) is 0 Å². The molecule has 0 atom stereocenters. The van der Waals surface area contributed by atoms with Crippen LogP contribution in [0.15, 0.2) is 71.8 Å². The van der Waals surface area contributed by atoms with Gasteiger partial charge in [-0.05, 0) is 48.5 Å². The van der Waals surface area contributed by atoms with Gasteiger partial charge in [0.2, 0.25) is 0 Å². The van der Waals surface area contributed by atoms with Crippen molar-refractivity contribution in [2.24, 2.45) is 0 Å². The Hall–Kier alpha value is -2.77. The van der Waals surface area contributed by atoms with Gasteiger partial charge in [-0.15, -0.1) is 11.8 Å². The van der Waals surface area contributed by atoms with Gasteiger partial charge in [0.1, 0.15) is 11.3 Å². The van der Waals surface area contributed by atoms with Gasteiger partial charge < -0.3 is 0 Å². The van der Waals surface area contributed by atoms with Crippen LogP contribution in [0.4, 0.5) is 9.52 Å². The number of fused-ring (bicyclic) bond motifs is 1. The highest BCUT2D eigenvalue weighted by Gasteiger charge is 2.23. The van der Waals surface area contributed by atoms with Crippen LogP contribution in [0.2, 0.25) is 0 Å². The SMILES string of the molecule is CC(C)Sc1ccc(C(=O)N(Cc2ccccn2)c2nc3c(F)cccc3s2)cc1. The molecule has 0 fully saturated rings. The number of benzene rings is 2. The number of nitrogens with zero attached hydrogens (tertiary/aromatic N) is 3. The molecule has 2 heterocycles. The van der Waals surface area contributed by atoms with Crippen LogP contribution in [0, 0.1) is 5.82 Å². The number of pyridine rings is 1. The summed E-state index contributed by atoms with van der Waals surface area (Å²) in [5, 5.41) is 0.913. The minimum atomic E-state index is -0.393. The van der Waals surface area contributed by atoms with Gasteiger partial charge in [0.15, 0.2) is 5.13 Å². The summed E-state index contributed by atoms with van der Waals surface area (Å²) in [7, 11) is 0. The summed E-state index contributed by atoms with van der Waals surface area (Å²) in [5.41, 5.74) is 1.57. The number of hydrogen-bond acceptors (Lipinski definition) is 5. The maximum Gasteiger partial charge on any atom is 0.260 e. The molecule has 0 saturated heterocycles. The summed E-state index contributed by atoms with van der Waals surface area (Å²) in [6.07, 6.45) is 1.69. The third kappa shape index (κ3) is 4.52. The van der Waals surface area contributed by atoms with Crippen LogP contribution in [-0.2, 0) is 6.54 Å². The van der Waals surface area contributed by atoms with Crippen molar-refractivity contribution in [3.05, 3.63) is 83.9 Å². The molecule has 0 aliphatic heterocycles. The number of thioether (sulfide) groups is 1. The quantitative estimate of drug-likeness (QED) is 0.338. The molecule has 7 heteroatoms. The second kappa shape index (κ2) is 8.93. The molecule has 0 aliphatic carbocycles. The number of anilines is 1. The topological polar surface area (TPSA) is 46.1 Å². The lowest BCUT2D eigenvalue weighted by atomic mass is 10.2. The monoisotopic (exact) mass is 437 g/mol. The highest BCUT2D eigenvalue weighted by atomic mass is 32.2. The second-order valence-corrected chi connectivity index (χ2v) is 9.65. The third-order valence-electron chi connectivity index (χ3n) is 4.35. The summed E-state index contributed by atoms with van der Waals surface area (Å²) in [4.78, 5) is 24.9. The van der Waals surface area contributed by atoms with Crippen molar-refractivity contribution in [1.82, 2.24) is 9.97 Å². The number of halogens is 1. The van der Waals surface area contributed by atoms with Gasteiger partial charge in [0.05, 0.1) is 16.9 Å². The predicted octanol–water partition coefficient (Wildman–Crippen LogP) is 6.18. The standard InChI is InChI=1S/C23H20FN3OS2/c1-15(2)29-18-11-9-16(10-12-18)22(28)27(14-17-6-3-4-13-25-17)23-26-21-19(24)7-5-8-20(21)30-23/h3-13,15H,14H2,1-2H3. The number of amides is 1. The van der Waals surface area contributed by atoms with E-state index >= 15 is 0 Å². The molecule has 0 radical (unpaired) electrons. The van der Waals surface area contributed by atoms with E-state index in [0.29, 0.717) is 20.6 Å². The van der Waals surface area contributed by atoms with Gasteiger partial charge in [-0.3, -0.25) is 14.7 Å². The first-order valence-electron chi connectivity index (χ1n) is 9.55. The number of aromatic nitrogens is 2. The van der Waals surface area contributed by atoms with Crippen LogP contribution >= 0.6 is 23.1 Å². The van der Waals surface area contributed by atoms with Crippen LogP contribution in [0.1, 0.15) is 29.9 Å². The number of carbonyl (C=O) groups excluding carboxylic acids is 1. The van der Waals surface area contributed by atoms with E-state index in [-0.39, 0.29) is 18.0 Å². The Morgan fingerprint density at radius 1 is 1.10 bits per heavy atom. The number of rotatable bonds is 6. The van der Waals surface area contributed by atoms with Crippen LogP contribution in [0.5, 0.6) is 0 Å². The number of carbonyl (C=O) groups is 1. The van der Waals surface area contributed by atoms with Crippen LogP contribution in [-0.4, -0.2) is 21.1 Å². The number of thiazole rings is 1. The minimum Gasteiger partial charge on any atom is -0.278 e. The Morgan fingerprint density at radius 2 is 1.90 bits per heavy atom. The maximum absolute atomic E-state index is 14.2. The van der Waals surface area contributed by atoms with Gasteiger partial charge in [-0.1, -0.05) is 37.3 Å².